The molecule has 0 spiro atoms. The lowest BCUT2D eigenvalue weighted by Crippen LogP contribution is -2.33. The summed E-state index contributed by atoms with van der Waals surface area (Å²) < 4.78 is 7.21. The van der Waals surface area contributed by atoms with Crippen LogP contribution in [-0.4, -0.2) is 31.6 Å². The van der Waals surface area contributed by atoms with Gasteiger partial charge in [-0.2, -0.15) is 9.36 Å². The summed E-state index contributed by atoms with van der Waals surface area (Å²) in [5.74, 6) is 0.185. The summed E-state index contributed by atoms with van der Waals surface area (Å²) in [4.78, 5) is 36.9. The first-order valence-corrected chi connectivity index (χ1v) is 9.98. The Balaban J connectivity index is 1.36. The Morgan fingerprint density at radius 3 is 2.68 bits per heavy atom. The molecule has 2 heterocycles. The molecule has 1 atom stereocenters. The number of tetrazole rings is 1. The molecule has 2 N–H and O–H groups in total. The van der Waals surface area contributed by atoms with E-state index in [0.717, 1.165) is 28.6 Å². The normalized spacial score (nSPS) is 15.5. The summed E-state index contributed by atoms with van der Waals surface area (Å²) in [7, 11) is 0. The molecule has 0 aliphatic heterocycles. The minimum atomic E-state index is -0.543. The number of carbonyl (C=O) groups excluding carboxylic acids is 2. The Morgan fingerprint density at radius 2 is 1.97 bits per heavy atom. The van der Waals surface area contributed by atoms with Crippen molar-refractivity contribution in [3.8, 4) is 5.69 Å². The maximum Gasteiger partial charge on any atom is 0.368 e. The highest BCUT2D eigenvalue weighted by Gasteiger charge is 2.19. The summed E-state index contributed by atoms with van der Waals surface area (Å²) in [6, 6.07) is 10.2. The predicted molar refractivity (Wildman–Crippen MR) is 111 cm³/mol. The van der Waals surface area contributed by atoms with E-state index in [-0.39, 0.29) is 30.8 Å². The molecule has 160 valence electrons. The van der Waals surface area contributed by atoms with Gasteiger partial charge in [0.25, 0.3) is 0 Å². The lowest BCUT2D eigenvalue weighted by atomic mass is 9.93. The summed E-state index contributed by atoms with van der Waals surface area (Å²) in [6.45, 7) is -0.0391. The third kappa shape index (κ3) is 4.97. The molecule has 0 saturated heterocycles. The van der Waals surface area contributed by atoms with E-state index in [4.69, 9.17) is 4.42 Å². The van der Waals surface area contributed by atoms with Gasteiger partial charge in [0.1, 0.15) is 12.3 Å². The Kier molecular flexibility index (Phi) is 6.06. The molecule has 10 nitrogen and oxygen atoms in total. The van der Waals surface area contributed by atoms with Gasteiger partial charge in [0, 0.05) is 11.6 Å². The molecule has 0 saturated carbocycles. The van der Waals surface area contributed by atoms with Gasteiger partial charge in [0.05, 0.1) is 18.5 Å². The van der Waals surface area contributed by atoms with Gasteiger partial charge >= 0.3 is 5.69 Å². The highest BCUT2D eigenvalue weighted by molar-refractivity contribution is 5.92. The molecule has 1 aromatic carbocycles. The van der Waals surface area contributed by atoms with Crippen molar-refractivity contribution in [2.75, 3.05) is 5.32 Å². The minimum absolute atomic E-state index is 0.0132. The molecule has 2 amide bonds. The smallest absolute Gasteiger partial charge is 0.368 e. The quantitative estimate of drug-likeness (QED) is 0.558. The molecule has 1 aliphatic rings. The summed E-state index contributed by atoms with van der Waals surface area (Å²) >= 11 is 0. The summed E-state index contributed by atoms with van der Waals surface area (Å²) in [5, 5.41) is 13.2. The van der Waals surface area contributed by atoms with Crippen LogP contribution in [0.15, 0.2) is 64.0 Å². The van der Waals surface area contributed by atoms with Crippen LogP contribution in [0, 0.1) is 5.92 Å². The van der Waals surface area contributed by atoms with Crippen molar-refractivity contribution in [1.82, 2.24) is 25.1 Å². The van der Waals surface area contributed by atoms with Crippen molar-refractivity contribution >= 4 is 17.5 Å². The number of nitrogens with one attached hydrogen (secondary N) is 2. The third-order valence-corrected chi connectivity index (χ3v) is 4.99. The van der Waals surface area contributed by atoms with E-state index in [2.05, 4.69) is 27.1 Å². The van der Waals surface area contributed by atoms with Gasteiger partial charge in [-0.3, -0.25) is 9.59 Å². The van der Waals surface area contributed by atoms with Crippen LogP contribution in [-0.2, 0) is 22.7 Å². The molecule has 0 bridgehead atoms. The van der Waals surface area contributed by atoms with Crippen LogP contribution in [0.2, 0.25) is 0 Å². The lowest BCUT2D eigenvalue weighted by Gasteiger charge is -2.17. The fraction of sp³-hybridized carbons (Fsp3) is 0.286. The highest BCUT2D eigenvalue weighted by atomic mass is 16.3. The van der Waals surface area contributed by atoms with Crippen LogP contribution < -0.4 is 16.3 Å². The summed E-state index contributed by atoms with van der Waals surface area (Å²) in [5.41, 5.74) is 0.575. The van der Waals surface area contributed by atoms with E-state index in [1.54, 1.807) is 36.4 Å². The topological polar surface area (TPSA) is 124 Å². The molecule has 3 aromatic rings. The first kappa shape index (κ1) is 20.3. The van der Waals surface area contributed by atoms with Gasteiger partial charge in [-0.1, -0.05) is 12.2 Å². The molecule has 0 fully saturated rings. The van der Waals surface area contributed by atoms with Crippen molar-refractivity contribution in [1.29, 1.82) is 0 Å². The number of rotatable bonds is 7. The highest BCUT2D eigenvalue weighted by Crippen LogP contribution is 2.20. The van der Waals surface area contributed by atoms with Crippen LogP contribution in [0.3, 0.4) is 0 Å². The van der Waals surface area contributed by atoms with E-state index in [9.17, 15) is 14.4 Å². The van der Waals surface area contributed by atoms with Crippen molar-refractivity contribution in [2.45, 2.75) is 32.4 Å². The number of aromatic nitrogens is 4. The molecule has 0 unspecified atom stereocenters. The number of anilines is 1. The number of hydrogen-bond acceptors (Lipinski definition) is 6. The van der Waals surface area contributed by atoms with E-state index in [1.807, 2.05) is 6.08 Å². The first-order chi connectivity index (χ1) is 15.1. The number of furan rings is 1. The number of amides is 2. The zero-order valence-corrected chi connectivity index (χ0v) is 16.7. The standard InChI is InChI=1S/C21H22N6O4/c28-19(22-13-18-7-4-12-31-18)14-26-21(30)27(25-24-26)17-10-8-16(9-11-17)23-20(29)15-5-2-1-3-6-15/h1-2,4,7-12,15H,3,5-6,13-14H2,(H,22,28)(H,23,29)/t15-/m0/s1. The van der Waals surface area contributed by atoms with Crippen LogP contribution in [0.4, 0.5) is 5.69 Å². The van der Waals surface area contributed by atoms with Crippen molar-refractivity contribution in [3.05, 3.63) is 71.1 Å². The van der Waals surface area contributed by atoms with E-state index in [1.165, 1.54) is 6.26 Å². The lowest BCUT2D eigenvalue weighted by molar-refractivity contribution is -0.122. The molecular weight excluding hydrogens is 400 g/mol. The van der Waals surface area contributed by atoms with E-state index < -0.39 is 5.69 Å². The van der Waals surface area contributed by atoms with Crippen LogP contribution >= 0.6 is 0 Å². The molecule has 10 heteroatoms. The molecule has 0 radical (unpaired) electrons. The zero-order chi connectivity index (χ0) is 21.6. The Labute approximate surface area is 177 Å². The third-order valence-electron chi connectivity index (χ3n) is 4.99. The minimum Gasteiger partial charge on any atom is -0.467 e. The second-order valence-corrected chi connectivity index (χ2v) is 7.20. The SMILES string of the molecule is O=C(Cn1nnn(-c2ccc(NC(=O)[C@H]3CC=CCC3)cc2)c1=O)NCc1ccco1. The van der Waals surface area contributed by atoms with Gasteiger partial charge in [-0.15, -0.1) is 0 Å². The monoisotopic (exact) mass is 422 g/mol. The Bertz CT molecular complexity index is 1130. The van der Waals surface area contributed by atoms with Gasteiger partial charge in [0.2, 0.25) is 11.8 Å². The fourth-order valence-corrected chi connectivity index (χ4v) is 3.29. The number of nitrogens with zero attached hydrogens (tertiary/aromatic N) is 4. The second kappa shape index (κ2) is 9.24. The number of benzene rings is 1. The average molecular weight is 422 g/mol. The van der Waals surface area contributed by atoms with Crippen molar-refractivity contribution in [2.24, 2.45) is 5.92 Å². The van der Waals surface area contributed by atoms with Gasteiger partial charge < -0.3 is 15.1 Å². The first-order valence-electron chi connectivity index (χ1n) is 9.98. The van der Waals surface area contributed by atoms with Crippen molar-refractivity contribution < 1.29 is 14.0 Å². The summed E-state index contributed by atoms with van der Waals surface area (Å²) in [6.07, 6.45) is 8.14. The van der Waals surface area contributed by atoms with E-state index >= 15 is 0 Å². The Hall–Kier alpha value is -3.95. The maximum absolute atomic E-state index is 12.5. The van der Waals surface area contributed by atoms with E-state index in [0.29, 0.717) is 17.1 Å². The fourth-order valence-electron chi connectivity index (χ4n) is 3.29. The molecule has 1 aliphatic carbocycles. The van der Waals surface area contributed by atoms with Crippen molar-refractivity contribution in [3.63, 3.8) is 0 Å². The van der Waals surface area contributed by atoms with Crippen LogP contribution in [0.5, 0.6) is 0 Å². The van der Waals surface area contributed by atoms with Gasteiger partial charge in [-0.25, -0.2) is 4.79 Å². The Morgan fingerprint density at radius 1 is 1.13 bits per heavy atom. The van der Waals surface area contributed by atoms with Gasteiger partial charge in [-0.05, 0) is 66.1 Å². The van der Waals surface area contributed by atoms with Crippen LogP contribution in [0.1, 0.15) is 25.0 Å². The maximum atomic E-state index is 12.5. The number of carbonyl (C=O) groups is 2. The van der Waals surface area contributed by atoms with Gasteiger partial charge in [0.15, 0.2) is 0 Å². The number of allylic oxidation sites excluding steroid dienone is 2. The molecule has 2 aromatic heterocycles. The predicted octanol–water partition coefficient (Wildman–Crippen LogP) is 1.63. The molecule has 31 heavy (non-hydrogen) atoms. The number of hydrogen-bond donors (Lipinski definition) is 2. The largest absolute Gasteiger partial charge is 0.467 e. The molecule has 4 rings (SSSR count). The molecular formula is C21H22N6O4. The second-order valence-electron chi connectivity index (χ2n) is 7.20. The van der Waals surface area contributed by atoms with Crippen LogP contribution in [0.25, 0.3) is 5.69 Å². The average Bonchev–Trinajstić information content (AvgIpc) is 3.44. The zero-order valence-electron chi connectivity index (χ0n) is 16.7.